The van der Waals surface area contributed by atoms with E-state index in [0.29, 0.717) is 6.04 Å². The number of hydrogen-bond acceptors (Lipinski definition) is 4. The molecule has 4 nitrogen and oxygen atoms in total. The Balaban J connectivity index is 1.56. The Morgan fingerprint density at radius 1 is 1.03 bits per heavy atom. The van der Waals surface area contributed by atoms with Crippen molar-refractivity contribution >= 4 is 22.2 Å². The molecule has 0 aliphatic heterocycles. The van der Waals surface area contributed by atoms with Gasteiger partial charge in [-0.15, -0.1) is 0 Å². The van der Waals surface area contributed by atoms with Crippen molar-refractivity contribution in [1.82, 2.24) is 20.5 Å². The average Bonchev–Trinajstić information content (AvgIpc) is 3.57. The molecule has 0 atom stereocenters. The SMILES string of the molecule is C=C(NC1CC1)c1ccc(C)c(-c2ccc3cc(C(=C)NCCN(C)C)ncc3c2)c1. The summed E-state index contributed by atoms with van der Waals surface area (Å²) in [5.74, 6) is 0. The van der Waals surface area contributed by atoms with Crippen LogP contribution in [0.3, 0.4) is 0 Å². The predicted octanol–water partition coefficient (Wildman–Crippen LogP) is 5.05. The van der Waals surface area contributed by atoms with Gasteiger partial charge in [-0.1, -0.05) is 37.4 Å². The summed E-state index contributed by atoms with van der Waals surface area (Å²) >= 11 is 0. The minimum atomic E-state index is 0.602. The summed E-state index contributed by atoms with van der Waals surface area (Å²) in [6.07, 6.45) is 4.43. The Bertz CT molecular complexity index is 1130. The van der Waals surface area contributed by atoms with E-state index in [2.05, 4.69) is 97.2 Å². The molecule has 0 saturated heterocycles. The topological polar surface area (TPSA) is 40.2 Å². The van der Waals surface area contributed by atoms with Crippen molar-refractivity contribution < 1.29 is 0 Å². The van der Waals surface area contributed by atoms with Crippen LogP contribution in [0, 0.1) is 6.92 Å². The highest BCUT2D eigenvalue weighted by atomic mass is 15.1. The van der Waals surface area contributed by atoms with Gasteiger partial charge in [-0.2, -0.15) is 0 Å². The number of hydrogen-bond donors (Lipinski definition) is 2. The van der Waals surface area contributed by atoms with E-state index in [1.807, 2.05) is 6.20 Å². The maximum absolute atomic E-state index is 4.65. The fourth-order valence-electron chi connectivity index (χ4n) is 3.67. The molecule has 2 N–H and O–H groups in total. The van der Waals surface area contributed by atoms with E-state index in [9.17, 15) is 0 Å². The van der Waals surface area contributed by atoms with E-state index >= 15 is 0 Å². The number of nitrogens with zero attached hydrogens (tertiary/aromatic N) is 2. The molecule has 1 aliphatic rings. The zero-order valence-corrected chi connectivity index (χ0v) is 18.8. The second-order valence-electron chi connectivity index (χ2n) is 8.77. The number of pyridine rings is 1. The number of aryl methyl sites for hydroxylation is 1. The molecule has 0 amide bonds. The molecule has 1 heterocycles. The van der Waals surface area contributed by atoms with Crippen molar-refractivity contribution in [3.05, 3.63) is 78.6 Å². The van der Waals surface area contributed by atoms with Crippen LogP contribution >= 0.6 is 0 Å². The average molecular weight is 413 g/mol. The quantitative estimate of drug-likeness (QED) is 0.516. The predicted molar refractivity (Wildman–Crippen MR) is 133 cm³/mol. The zero-order valence-electron chi connectivity index (χ0n) is 18.8. The van der Waals surface area contributed by atoms with Crippen LogP contribution in [0.2, 0.25) is 0 Å². The fourth-order valence-corrected chi connectivity index (χ4v) is 3.67. The van der Waals surface area contributed by atoms with Gasteiger partial charge in [-0.25, -0.2) is 0 Å². The van der Waals surface area contributed by atoms with Crippen molar-refractivity contribution in [2.24, 2.45) is 0 Å². The highest BCUT2D eigenvalue weighted by molar-refractivity contribution is 5.89. The number of rotatable bonds is 9. The molecule has 1 saturated carbocycles. The maximum atomic E-state index is 4.65. The summed E-state index contributed by atoms with van der Waals surface area (Å²) in [6, 6.07) is 15.9. The summed E-state index contributed by atoms with van der Waals surface area (Å²) in [4.78, 5) is 6.79. The van der Waals surface area contributed by atoms with E-state index < -0.39 is 0 Å². The Kier molecular flexibility index (Phi) is 6.10. The van der Waals surface area contributed by atoms with Crippen LogP contribution in [0.4, 0.5) is 0 Å². The largest absolute Gasteiger partial charge is 0.382 e. The molecule has 2 aromatic carbocycles. The lowest BCUT2D eigenvalue weighted by atomic mass is 9.95. The summed E-state index contributed by atoms with van der Waals surface area (Å²) in [5, 5.41) is 9.17. The Labute approximate surface area is 185 Å². The molecule has 4 rings (SSSR count). The minimum absolute atomic E-state index is 0.602. The van der Waals surface area contributed by atoms with Gasteiger partial charge in [0.25, 0.3) is 0 Å². The third kappa shape index (κ3) is 5.15. The van der Waals surface area contributed by atoms with Crippen molar-refractivity contribution in [2.45, 2.75) is 25.8 Å². The third-order valence-corrected chi connectivity index (χ3v) is 5.78. The normalized spacial score (nSPS) is 13.4. The van der Waals surface area contributed by atoms with Crippen LogP contribution in [0.5, 0.6) is 0 Å². The molecular formula is C27H32N4. The fraction of sp³-hybridized carbons (Fsp3) is 0.296. The van der Waals surface area contributed by atoms with Gasteiger partial charge >= 0.3 is 0 Å². The van der Waals surface area contributed by atoms with Gasteiger partial charge in [0.15, 0.2) is 0 Å². The lowest BCUT2D eigenvalue weighted by molar-refractivity contribution is 0.411. The molecule has 0 unspecified atom stereocenters. The molecule has 1 aliphatic carbocycles. The molecule has 0 spiro atoms. The number of benzene rings is 2. The second kappa shape index (κ2) is 8.94. The Morgan fingerprint density at radius 3 is 2.58 bits per heavy atom. The first kappa shape index (κ1) is 21.1. The Morgan fingerprint density at radius 2 is 1.84 bits per heavy atom. The summed E-state index contributed by atoms with van der Waals surface area (Å²) in [7, 11) is 4.13. The van der Waals surface area contributed by atoms with Gasteiger partial charge in [0.05, 0.1) is 11.4 Å². The highest BCUT2D eigenvalue weighted by Gasteiger charge is 2.21. The zero-order chi connectivity index (χ0) is 22.0. The summed E-state index contributed by atoms with van der Waals surface area (Å²) < 4.78 is 0. The van der Waals surface area contributed by atoms with Crippen LogP contribution < -0.4 is 10.6 Å². The molecule has 31 heavy (non-hydrogen) atoms. The highest BCUT2D eigenvalue weighted by Crippen LogP contribution is 2.30. The number of fused-ring (bicyclic) bond motifs is 1. The standard InChI is InChI=1S/C27H32N4/c1-18-6-7-21(19(2)30-25-10-11-25)15-26(18)23-9-8-22-16-27(29-17-24(22)14-23)20(3)28-12-13-31(4)5/h6-9,14-17,25,28,30H,2-3,10-13H2,1,4-5H3. The van der Waals surface area contributed by atoms with Crippen LogP contribution in [-0.2, 0) is 0 Å². The van der Waals surface area contributed by atoms with Gasteiger partial charge in [0, 0.05) is 36.4 Å². The molecular weight excluding hydrogens is 380 g/mol. The molecule has 160 valence electrons. The smallest absolute Gasteiger partial charge is 0.0861 e. The van der Waals surface area contributed by atoms with E-state index in [4.69, 9.17) is 0 Å². The molecule has 1 aromatic heterocycles. The number of nitrogens with one attached hydrogen (secondary N) is 2. The molecule has 0 bridgehead atoms. The molecule has 0 radical (unpaired) electrons. The van der Waals surface area contributed by atoms with Crippen LogP contribution in [-0.4, -0.2) is 43.1 Å². The van der Waals surface area contributed by atoms with Crippen molar-refractivity contribution in [1.29, 1.82) is 0 Å². The van der Waals surface area contributed by atoms with E-state index in [0.717, 1.165) is 46.5 Å². The van der Waals surface area contributed by atoms with Gasteiger partial charge in [-0.05, 0) is 79.7 Å². The third-order valence-electron chi connectivity index (χ3n) is 5.78. The number of likely N-dealkylation sites (N-methyl/N-ethyl adjacent to an activating group) is 1. The molecule has 4 heteroatoms. The molecule has 1 fully saturated rings. The maximum Gasteiger partial charge on any atom is 0.0861 e. The first-order valence-electron chi connectivity index (χ1n) is 11.0. The van der Waals surface area contributed by atoms with Crippen molar-refractivity contribution in [3.8, 4) is 11.1 Å². The van der Waals surface area contributed by atoms with Crippen LogP contribution in [0.25, 0.3) is 33.3 Å². The monoisotopic (exact) mass is 412 g/mol. The summed E-state index contributed by atoms with van der Waals surface area (Å²) in [6.45, 7) is 12.3. The van der Waals surface area contributed by atoms with E-state index in [1.165, 1.54) is 29.5 Å². The second-order valence-corrected chi connectivity index (χ2v) is 8.77. The number of aromatic nitrogens is 1. The van der Waals surface area contributed by atoms with Gasteiger partial charge in [-0.3, -0.25) is 4.98 Å². The van der Waals surface area contributed by atoms with Crippen LogP contribution in [0.15, 0.2) is 61.8 Å². The Hall–Kier alpha value is -3.11. The van der Waals surface area contributed by atoms with E-state index in [-0.39, 0.29) is 0 Å². The first-order valence-corrected chi connectivity index (χ1v) is 11.0. The van der Waals surface area contributed by atoms with Crippen molar-refractivity contribution in [3.63, 3.8) is 0 Å². The van der Waals surface area contributed by atoms with E-state index in [1.54, 1.807) is 0 Å². The lowest BCUT2D eigenvalue weighted by Crippen LogP contribution is -2.25. The minimum Gasteiger partial charge on any atom is -0.382 e. The molecule has 3 aromatic rings. The first-order chi connectivity index (χ1) is 14.9. The van der Waals surface area contributed by atoms with Gasteiger partial charge in [0.1, 0.15) is 0 Å². The summed E-state index contributed by atoms with van der Waals surface area (Å²) in [5.41, 5.74) is 7.60. The van der Waals surface area contributed by atoms with Crippen molar-refractivity contribution in [2.75, 3.05) is 27.2 Å². The van der Waals surface area contributed by atoms with Gasteiger partial charge in [0.2, 0.25) is 0 Å². The lowest BCUT2D eigenvalue weighted by Gasteiger charge is -2.14. The van der Waals surface area contributed by atoms with Crippen LogP contribution in [0.1, 0.15) is 29.7 Å². The van der Waals surface area contributed by atoms with Gasteiger partial charge < -0.3 is 15.5 Å².